The molecule has 3 aromatic carbocycles. The first-order valence-electron chi connectivity index (χ1n) is 15.7. The molecule has 0 saturated heterocycles. The molecule has 3 heterocycles. The molecule has 0 fully saturated rings. The van der Waals surface area contributed by atoms with Crippen LogP contribution in [0.5, 0.6) is 5.75 Å². The summed E-state index contributed by atoms with van der Waals surface area (Å²) >= 11 is 0. The fourth-order valence-electron chi connectivity index (χ4n) is 5.80. The monoisotopic (exact) mass is 594 g/mol. The van der Waals surface area contributed by atoms with Crippen molar-refractivity contribution in [2.24, 2.45) is 0 Å². The Bertz CT molecular complexity index is 1990. The molecule has 1 N–H and O–H groups in total. The molecule has 0 atom stereocenters. The SMILES string of the molecule is CC(C)c1cc(-c2ccccn2)cc(-c2cccc3c2nc(-c2nc(C(C)(C)C)cc(C(C)(C)C)c2O)n3-c2ccccc2)c1. The average Bonchev–Trinajstić information content (AvgIpc) is 3.40. The van der Waals surface area contributed by atoms with Gasteiger partial charge in [-0.05, 0) is 71.0 Å². The second-order valence-corrected chi connectivity index (χ2v) is 14.2. The molecule has 6 rings (SSSR count). The van der Waals surface area contributed by atoms with Gasteiger partial charge in [0, 0.05) is 39.7 Å². The van der Waals surface area contributed by atoms with E-state index in [1.807, 2.05) is 36.5 Å². The van der Waals surface area contributed by atoms with Crippen LogP contribution >= 0.6 is 0 Å². The highest BCUT2D eigenvalue weighted by atomic mass is 16.3. The summed E-state index contributed by atoms with van der Waals surface area (Å²) in [6.45, 7) is 17.3. The van der Waals surface area contributed by atoms with Crippen LogP contribution in [0.15, 0.2) is 97.2 Å². The Balaban J connectivity index is 1.69. The minimum absolute atomic E-state index is 0.170. The first-order chi connectivity index (χ1) is 21.3. The number of fused-ring (bicyclic) bond motifs is 1. The van der Waals surface area contributed by atoms with E-state index in [2.05, 4.69) is 126 Å². The number of benzene rings is 3. The molecule has 0 spiro atoms. The lowest BCUT2D eigenvalue weighted by molar-refractivity contribution is 0.441. The molecule has 0 aliphatic heterocycles. The fourth-order valence-corrected chi connectivity index (χ4v) is 5.80. The molecule has 0 unspecified atom stereocenters. The molecule has 5 nitrogen and oxygen atoms in total. The van der Waals surface area contributed by atoms with Gasteiger partial charge in [-0.25, -0.2) is 9.97 Å². The molecule has 228 valence electrons. The number of aromatic hydroxyl groups is 1. The van der Waals surface area contributed by atoms with Gasteiger partial charge in [0.05, 0.1) is 16.7 Å². The fraction of sp³-hybridized carbons (Fsp3) is 0.275. The second kappa shape index (κ2) is 11.3. The van der Waals surface area contributed by atoms with Crippen molar-refractivity contribution < 1.29 is 5.11 Å². The van der Waals surface area contributed by atoms with Gasteiger partial charge in [-0.3, -0.25) is 9.55 Å². The van der Waals surface area contributed by atoms with Crippen molar-refractivity contribution >= 4 is 11.0 Å². The lowest BCUT2D eigenvalue weighted by atomic mass is 9.82. The van der Waals surface area contributed by atoms with Crippen molar-refractivity contribution in [3.63, 3.8) is 0 Å². The van der Waals surface area contributed by atoms with Gasteiger partial charge < -0.3 is 5.11 Å². The maximum atomic E-state index is 11.9. The van der Waals surface area contributed by atoms with Gasteiger partial charge in [-0.1, -0.05) is 97.9 Å². The van der Waals surface area contributed by atoms with Crippen LogP contribution < -0.4 is 0 Å². The van der Waals surface area contributed by atoms with Crippen molar-refractivity contribution in [1.82, 2.24) is 19.5 Å². The summed E-state index contributed by atoms with van der Waals surface area (Å²) in [5.41, 5.74) is 9.83. The van der Waals surface area contributed by atoms with Crippen LogP contribution in [0, 0.1) is 0 Å². The molecule has 6 aromatic rings. The van der Waals surface area contributed by atoms with E-state index in [4.69, 9.17) is 9.97 Å². The van der Waals surface area contributed by atoms with Gasteiger partial charge in [-0.15, -0.1) is 0 Å². The van der Waals surface area contributed by atoms with Crippen LogP contribution in [0.4, 0.5) is 0 Å². The number of nitrogens with zero attached hydrogens (tertiary/aromatic N) is 4. The van der Waals surface area contributed by atoms with Crippen molar-refractivity contribution in [2.45, 2.75) is 72.1 Å². The van der Waals surface area contributed by atoms with E-state index in [-0.39, 0.29) is 16.6 Å². The van der Waals surface area contributed by atoms with E-state index in [9.17, 15) is 5.11 Å². The Morgan fingerprint density at radius 3 is 2.07 bits per heavy atom. The van der Waals surface area contributed by atoms with Crippen LogP contribution in [0.25, 0.3) is 50.6 Å². The maximum absolute atomic E-state index is 11.9. The number of hydrogen-bond donors (Lipinski definition) is 1. The third-order valence-electron chi connectivity index (χ3n) is 8.37. The van der Waals surface area contributed by atoms with E-state index in [0.717, 1.165) is 50.4 Å². The van der Waals surface area contributed by atoms with E-state index in [1.165, 1.54) is 5.56 Å². The van der Waals surface area contributed by atoms with Gasteiger partial charge in [-0.2, -0.15) is 0 Å². The molecule has 0 aliphatic rings. The second-order valence-electron chi connectivity index (χ2n) is 14.2. The van der Waals surface area contributed by atoms with Gasteiger partial charge in [0.1, 0.15) is 11.4 Å². The number of hydrogen-bond acceptors (Lipinski definition) is 4. The number of pyridine rings is 2. The summed E-state index contributed by atoms with van der Waals surface area (Å²) < 4.78 is 2.13. The zero-order valence-corrected chi connectivity index (χ0v) is 27.6. The van der Waals surface area contributed by atoms with Crippen LogP contribution in [-0.4, -0.2) is 24.6 Å². The minimum atomic E-state index is -0.296. The van der Waals surface area contributed by atoms with E-state index >= 15 is 0 Å². The average molecular weight is 595 g/mol. The maximum Gasteiger partial charge on any atom is 0.168 e. The zero-order chi connectivity index (χ0) is 32.1. The predicted octanol–water partition coefficient (Wildman–Crippen LogP) is 10.2. The van der Waals surface area contributed by atoms with Gasteiger partial charge >= 0.3 is 0 Å². The summed E-state index contributed by atoms with van der Waals surface area (Å²) in [6.07, 6.45) is 1.84. The summed E-state index contributed by atoms with van der Waals surface area (Å²) in [4.78, 5) is 15.1. The topological polar surface area (TPSA) is 63.8 Å². The Morgan fingerprint density at radius 2 is 1.42 bits per heavy atom. The normalized spacial score (nSPS) is 12.3. The van der Waals surface area contributed by atoms with Crippen molar-refractivity contribution in [2.75, 3.05) is 0 Å². The van der Waals surface area contributed by atoms with Crippen LogP contribution in [-0.2, 0) is 10.8 Å². The lowest BCUT2D eigenvalue weighted by Gasteiger charge is -2.26. The van der Waals surface area contributed by atoms with Gasteiger partial charge in [0.15, 0.2) is 5.82 Å². The Hall–Kier alpha value is -4.77. The number of imidazole rings is 1. The van der Waals surface area contributed by atoms with E-state index < -0.39 is 0 Å². The molecule has 0 aliphatic carbocycles. The standard InChI is InChI=1S/C40H42N4O/c1-25(2)26-21-27(23-28(22-26)32-18-12-13-20-41-32)30-17-14-19-33-35(30)43-38(44(33)29-15-10-9-11-16-29)36-37(45)31(39(3,4)5)24-34(42-36)40(6,7)8/h9-25,45H,1-8H3. The Labute approximate surface area is 266 Å². The molecule has 0 bridgehead atoms. The minimum Gasteiger partial charge on any atom is -0.505 e. The molecule has 0 radical (unpaired) electrons. The number of rotatable bonds is 5. The van der Waals surface area contributed by atoms with E-state index in [0.29, 0.717) is 17.4 Å². The molecule has 3 aromatic heterocycles. The number of aromatic nitrogens is 4. The quantitative estimate of drug-likeness (QED) is 0.216. The van der Waals surface area contributed by atoms with E-state index in [1.54, 1.807) is 0 Å². The molecule has 5 heteroatoms. The summed E-state index contributed by atoms with van der Waals surface area (Å²) in [5, 5.41) is 11.9. The van der Waals surface area contributed by atoms with Crippen molar-refractivity contribution in [3.8, 4) is 45.3 Å². The zero-order valence-electron chi connectivity index (χ0n) is 27.6. The highest BCUT2D eigenvalue weighted by Crippen LogP contribution is 2.43. The number of para-hydroxylation sites is 2. The smallest absolute Gasteiger partial charge is 0.168 e. The third kappa shape index (κ3) is 5.75. The molecule has 0 saturated carbocycles. The summed E-state index contributed by atoms with van der Waals surface area (Å²) in [6, 6.07) is 31.3. The Kier molecular flexibility index (Phi) is 7.60. The first-order valence-corrected chi connectivity index (χ1v) is 15.7. The first kappa shape index (κ1) is 30.3. The lowest BCUT2D eigenvalue weighted by Crippen LogP contribution is -2.19. The third-order valence-corrected chi connectivity index (χ3v) is 8.37. The van der Waals surface area contributed by atoms with Crippen LogP contribution in [0.1, 0.15) is 78.1 Å². The highest BCUT2D eigenvalue weighted by molar-refractivity contribution is 5.96. The predicted molar refractivity (Wildman–Crippen MR) is 186 cm³/mol. The molecular weight excluding hydrogens is 552 g/mol. The van der Waals surface area contributed by atoms with Crippen LogP contribution in [0.2, 0.25) is 0 Å². The largest absolute Gasteiger partial charge is 0.505 e. The molecule has 45 heavy (non-hydrogen) atoms. The van der Waals surface area contributed by atoms with Gasteiger partial charge in [0.2, 0.25) is 0 Å². The summed E-state index contributed by atoms with van der Waals surface area (Å²) in [5.74, 6) is 1.12. The summed E-state index contributed by atoms with van der Waals surface area (Å²) in [7, 11) is 0. The van der Waals surface area contributed by atoms with Crippen molar-refractivity contribution in [3.05, 3.63) is 114 Å². The Morgan fingerprint density at radius 1 is 0.711 bits per heavy atom. The van der Waals surface area contributed by atoms with Crippen LogP contribution in [0.3, 0.4) is 0 Å². The molecular formula is C40H42N4O. The van der Waals surface area contributed by atoms with Gasteiger partial charge in [0.25, 0.3) is 0 Å². The molecule has 0 amide bonds. The highest BCUT2D eigenvalue weighted by Gasteiger charge is 2.29. The van der Waals surface area contributed by atoms with Crippen molar-refractivity contribution in [1.29, 1.82) is 0 Å².